The average molecular weight is 343 g/mol. The van der Waals surface area contributed by atoms with Crippen LogP contribution in [0.25, 0.3) is 0 Å². The first-order chi connectivity index (χ1) is 12.6. The van der Waals surface area contributed by atoms with Crippen LogP contribution in [-0.4, -0.2) is 16.7 Å². The Morgan fingerprint density at radius 2 is 1.27 bits per heavy atom. The standard InChI is InChI=1S/C22H21N3O/c1-16(24-25-22(23)19-12-14-20(26)15-13-19)21(17-8-4-2-5-9-17)18-10-6-3-7-11-18/h2-15,21,26H,1H3,(H2,23,25)/b24-16+. The summed E-state index contributed by atoms with van der Waals surface area (Å²) in [6, 6.07) is 27.0. The van der Waals surface area contributed by atoms with E-state index in [1.54, 1.807) is 24.3 Å². The van der Waals surface area contributed by atoms with Crippen LogP contribution in [0.5, 0.6) is 5.75 Å². The van der Waals surface area contributed by atoms with Gasteiger partial charge < -0.3 is 10.8 Å². The first kappa shape index (κ1) is 17.4. The number of hydrogen-bond acceptors (Lipinski definition) is 3. The Bertz CT molecular complexity index is 862. The predicted molar refractivity (Wildman–Crippen MR) is 107 cm³/mol. The Labute approximate surface area is 153 Å². The van der Waals surface area contributed by atoms with E-state index in [1.165, 1.54) is 0 Å². The lowest BCUT2D eigenvalue weighted by Crippen LogP contribution is -2.14. The zero-order valence-corrected chi connectivity index (χ0v) is 14.6. The predicted octanol–water partition coefficient (Wildman–Crippen LogP) is 4.31. The monoisotopic (exact) mass is 343 g/mol. The van der Waals surface area contributed by atoms with Gasteiger partial charge in [0.2, 0.25) is 0 Å². The van der Waals surface area contributed by atoms with Crippen molar-refractivity contribution in [2.24, 2.45) is 15.9 Å². The molecule has 0 aliphatic carbocycles. The lowest BCUT2D eigenvalue weighted by atomic mass is 9.88. The molecular formula is C22H21N3O. The van der Waals surface area contributed by atoms with Gasteiger partial charge in [-0.2, -0.15) is 5.10 Å². The number of phenolic OH excluding ortho intramolecular Hbond substituents is 1. The number of nitrogens with two attached hydrogens (primary N) is 1. The molecule has 3 aromatic carbocycles. The fourth-order valence-electron chi connectivity index (χ4n) is 2.85. The molecule has 0 saturated carbocycles. The molecule has 3 aromatic rings. The summed E-state index contributed by atoms with van der Waals surface area (Å²) < 4.78 is 0. The van der Waals surface area contributed by atoms with Gasteiger partial charge >= 0.3 is 0 Å². The van der Waals surface area contributed by atoms with Gasteiger partial charge in [0.15, 0.2) is 5.84 Å². The molecule has 0 saturated heterocycles. The van der Waals surface area contributed by atoms with Crippen LogP contribution in [0, 0.1) is 0 Å². The van der Waals surface area contributed by atoms with Gasteiger partial charge in [-0.15, -0.1) is 5.10 Å². The maximum Gasteiger partial charge on any atom is 0.153 e. The average Bonchev–Trinajstić information content (AvgIpc) is 2.68. The zero-order valence-electron chi connectivity index (χ0n) is 14.6. The molecule has 0 aliphatic heterocycles. The smallest absolute Gasteiger partial charge is 0.153 e. The molecule has 0 heterocycles. The number of aromatic hydroxyl groups is 1. The first-order valence-corrected chi connectivity index (χ1v) is 8.42. The van der Waals surface area contributed by atoms with Gasteiger partial charge in [0, 0.05) is 17.2 Å². The van der Waals surface area contributed by atoms with Crippen molar-refractivity contribution in [2.45, 2.75) is 12.8 Å². The lowest BCUT2D eigenvalue weighted by molar-refractivity contribution is 0.475. The Kier molecular flexibility index (Phi) is 5.44. The van der Waals surface area contributed by atoms with Gasteiger partial charge in [0.25, 0.3) is 0 Å². The summed E-state index contributed by atoms with van der Waals surface area (Å²) in [4.78, 5) is 0. The van der Waals surface area contributed by atoms with Crippen LogP contribution in [0.3, 0.4) is 0 Å². The third-order valence-electron chi connectivity index (χ3n) is 4.16. The van der Waals surface area contributed by atoms with E-state index < -0.39 is 0 Å². The van der Waals surface area contributed by atoms with Crippen LogP contribution in [0.2, 0.25) is 0 Å². The van der Waals surface area contributed by atoms with E-state index >= 15 is 0 Å². The topological polar surface area (TPSA) is 71.0 Å². The molecule has 0 atom stereocenters. The molecule has 4 heteroatoms. The van der Waals surface area contributed by atoms with Crippen molar-refractivity contribution >= 4 is 11.5 Å². The number of amidine groups is 1. The largest absolute Gasteiger partial charge is 0.508 e. The fraction of sp³-hybridized carbons (Fsp3) is 0.0909. The highest BCUT2D eigenvalue weighted by Gasteiger charge is 2.17. The van der Waals surface area contributed by atoms with Crippen molar-refractivity contribution in [2.75, 3.05) is 0 Å². The summed E-state index contributed by atoms with van der Waals surface area (Å²) in [5.41, 5.74) is 9.90. The lowest BCUT2D eigenvalue weighted by Gasteiger charge is -2.17. The molecule has 0 unspecified atom stereocenters. The van der Waals surface area contributed by atoms with Crippen molar-refractivity contribution in [3.05, 3.63) is 102 Å². The SMILES string of the molecule is C/C(=N\N=C(N)c1ccc(O)cc1)C(c1ccccc1)c1ccccc1. The molecule has 0 fully saturated rings. The van der Waals surface area contributed by atoms with Crippen LogP contribution in [-0.2, 0) is 0 Å². The molecule has 0 aliphatic rings. The van der Waals surface area contributed by atoms with Crippen LogP contribution < -0.4 is 5.73 Å². The van der Waals surface area contributed by atoms with Gasteiger partial charge in [-0.3, -0.25) is 0 Å². The van der Waals surface area contributed by atoms with Gasteiger partial charge in [-0.25, -0.2) is 0 Å². The molecule has 0 bridgehead atoms. The Hall–Kier alpha value is -3.40. The maximum absolute atomic E-state index is 9.37. The molecule has 3 N–H and O–H groups in total. The molecule has 0 aromatic heterocycles. The van der Waals surface area contributed by atoms with E-state index in [-0.39, 0.29) is 11.7 Å². The summed E-state index contributed by atoms with van der Waals surface area (Å²) in [6.07, 6.45) is 0. The molecular weight excluding hydrogens is 322 g/mol. The highest BCUT2D eigenvalue weighted by molar-refractivity contribution is 5.98. The number of hydrogen-bond donors (Lipinski definition) is 2. The van der Waals surface area contributed by atoms with E-state index in [0.29, 0.717) is 5.84 Å². The van der Waals surface area contributed by atoms with Gasteiger partial charge in [-0.1, -0.05) is 60.7 Å². The van der Waals surface area contributed by atoms with Crippen molar-refractivity contribution in [1.29, 1.82) is 0 Å². The molecule has 0 spiro atoms. The summed E-state index contributed by atoms with van der Waals surface area (Å²) >= 11 is 0. The van der Waals surface area contributed by atoms with Crippen molar-refractivity contribution in [3.8, 4) is 5.75 Å². The molecule has 0 amide bonds. The fourth-order valence-corrected chi connectivity index (χ4v) is 2.85. The zero-order chi connectivity index (χ0) is 18.4. The normalized spacial score (nSPS) is 12.4. The Morgan fingerprint density at radius 3 is 1.77 bits per heavy atom. The molecule has 130 valence electrons. The minimum absolute atomic E-state index is 0.00812. The van der Waals surface area contributed by atoms with Crippen LogP contribution in [0.1, 0.15) is 29.5 Å². The molecule has 0 radical (unpaired) electrons. The van der Waals surface area contributed by atoms with Gasteiger partial charge in [0.05, 0.1) is 0 Å². The molecule has 4 nitrogen and oxygen atoms in total. The van der Waals surface area contributed by atoms with Crippen molar-refractivity contribution < 1.29 is 5.11 Å². The van der Waals surface area contributed by atoms with Gasteiger partial charge in [-0.05, 0) is 42.3 Å². The molecule has 26 heavy (non-hydrogen) atoms. The minimum Gasteiger partial charge on any atom is -0.508 e. The highest BCUT2D eigenvalue weighted by atomic mass is 16.3. The summed E-state index contributed by atoms with van der Waals surface area (Å²) in [6.45, 7) is 1.96. The van der Waals surface area contributed by atoms with E-state index in [1.807, 2.05) is 43.3 Å². The first-order valence-electron chi connectivity index (χ1n) is 8.42. The second-order valence-electron chi connectivity index (χ2n) is 6.03. The van der Waals surface area contributed by atoms with Gasteiger partial charge in [0.1, 0.15) is 5.75 Å². The quantitative estimate of drug-likeness (QED) is 0.412. The number of rotatable bonds is 5. The number of phenols is 1. The number of nitrogens with zero attached hydrogens (tertiary/aromatic N) is 2. The van der Waals surface area contributed by atoms with E-state index in [0.717, 1.165) is 22.4 Å². The second-order valence-corrected chi connectivity index (χ2v) is 6.03. The van der Waals surface area contributed by atoms with Crippen LogP contribution >= 0.6 is 0 Å². The van der Waals surface area contributed by atoms with Crippen LogP contribution in [0.15, 0.2) is 95.1 Å². The summed E-state index contributed by atoms with van der Waals surface area (Å²) in [5.74, 6) is 0.507. The van der Waals surface area contributed by atoms with Crippen LogP contribution in [0.4, 0.5) is 0 Å². The minimum atomic E-state index is 0.00812. The Morgan fingerprint density at radius 1 is 0.769 bits per heavy atom. The highest BCUT2D eigenvalue weighted by Crippen LogP contribution is 2.26. The summed E-state index contributed by atoms with van der Waals surface area (Å²) in [7, 11) is 0. The van der Waals surface area contributed by atoms with E-state index in [9.17, 15) is 5.11 Å². The number of benzene rings is 3. The van der Waals surface area contributed by atoms with Crippen molar-refractivity contribution in [1.82, 2.24) is 0 Å². The van der Waals surface area contributed by atoms with E-state index in [2.05, 4.69) is 34.5 Å². The van der Waals surface area contributed by atoms with E-state index in [4.69, 9.17) is 5.73 Å². The third-order valence-corrected chi connectivity index (χ3v) is 4.16. The second kappa shape index (κ2) is 8.12. The third kappa shape index (κ3) is 4.16. The molecule has 3 rings (SSSR count). The summed E-state index contributed by atoms with van der Waals surface area (Å²) in [5, 5.41) is 18.0. The van der Waals surface area contributed by atoms with Crippen molar-refractivity contribution in [3.63, 3.8) is 0 Å². The maximum atomic E-state index is 9.37. The Balaban J connectivity index is 1.94.